The minimum absolute atomic E-state index is 0.0295. The summed E-state index contributed by atoms with van der Waals surface area (Å²) in [7, 11) is 0. The van der Waals surface area contributed by atoms with Gasteiger partial charge in [-0.25, -0.2) is 4.68 Å². The third-order valence-corrected chi connectivity index (χ3v) is 5.71. The first-order valence-electron chi connectivity index (χ1n) is 10.7. The number of carbonyl (C=O) groups is 1. The van der Waals surface area contributed by atoms with E-state index in [1.54, 1.807) is 0 Å². The molecule has 1 N–H and O–H groups in total. The van der Waals surface area contributed by atoms with E-state index in [4.69, 9.17) is 0 Å². The lowest BCUT2D eigenvalue weighted by molar-refractivity contribution is -0.120. The van der Waals surface area contributed by atoms with E-state index in [9.17, 15) is 4.79 Å². The fourth-order valence-corrected chi connectivity index (χ4v) is 3.98. The van der Waals surface area contributed by atoms with Crippen LogP contribution in [0.4, 0.5) is 0 Å². The van der Waals surface area contributed by atoms with E-state index in [1.807, 2.05) is 54.9 Å². The number of aryl methyl sites for hydroxylation is 1. The molecule has 3 rings (SSSR count). The van der Waals surface area contributed by atoms with Gasteiger partial charge >= 0.3 is 0 Å². The largest absolute Gasteiger partial charge is 0.354 e. The second-order valence-electron chi connectivity index (χ2n) is 7.53. The molecule has 1 atom stereocenters. The molecule has 1 unspecified atom stereocenters. The second-order valence-corrected chi connectivity index (χ2v) is 7.53. The van der Waals surface area contributed by atoms with Gasteiger partial charge in [-0.1, -0.05) is 62.4 Å². The summed E-state index contributed by atoms with van der Waals surface area (Å²) in [4.78, 5) is 15.2. The molecule has 2 aromatic carbocycles. The van der Waals surface area contributed by atoms with Crippen LogP contribution in [0, 0.1) is 13.8 Å². The van der Waals surface area contributed by atoms with Crippen molar-refractivity contribution in [3.63, 3.8) is 0 Å². The van der Waals surface area contributed by atoms with Crippen molar-refractivity contribution >= 4 is 5.91 Å². The third kappa shape index (κ3) is 4.97. The lowest BCUT2D eigenvalue weighted by Gasteiger charge is -2.30. The van der Waals surface area contributed by atoms with Crippen LogP contribution in [0.15, 0.2) is 60.7 Å². The Kier molecular flexibility index (Phi) is 7.41. The van der Waals surface area contributed by atoms with E-state index < -0.39 is 0 Å². The summed E-state index contributed by atoms with van der Waals surface area (Å²) in [5.74, 6) is 0.0295. The van der Waals surface area contributed by atoms with E-state index in [0.717, 1.165) is 35.7 Å². The van der Waals surface area contributed by atoms with Crippen LogP contribution < -0.4 is 5.32 Å². The molecule has 1 amide bonds. The van der Waals surface area contributed by atoms with Gasteiger partial charge in [0.05, 0.1) is 23.8 Å². The highest BCUT2D eigenvalue weighted by molar-refractivity contribution is 5.79. The van der Waals surface area contributed by atoms with Crippen molar-refractivity contribution in [2.24, 2.45) is 0 Å². The second kappa shape index (κ2) is 10.2. The lowest BCUT2D eigenvalue weighted by Crippen LogP contribution is -2.38. The summed E-state index contributed by atoms with van der Waals surface area (Å²) in [5.41, 5.74) is 5.14. The van der Waals surface area contributed by atoms with Crippen LogP contribution in [0.1, 0.15) is 42.4 Å². The molecule has 0 bridgehead atoms. The number of rotatable bonds is 9. The van der Waals surface area contributed by atoms with E-state index >= 15 is 0 Å². The Morgan fingerprint density at radius 1 is 1.00 bits per heavy atom. The Morgan fingerprint density at radius 3 is 2.20 bits per heavy atom. The van der Waals surface area contributed by atoms with Gasteiger partial charge in [-0.3, -0.25) is 9.69 Å². The monoisotopic (exact) mass is 404 g/mol. The molecule has 3 aromatic rings. The van der Waals surface area contributed by atoms with Crippen LogP contribution in [0.5, 0.6) is 0 Å². The zero-order valence-electron chi connectivity index (χ0n) is 18.4. The molecule has 0 spiro atoms. The third-order valence-electron chi connectivity index (χ3n) is 5.71. The highest BCUT2D eigenvalue weighted by Crippen LogP contribution is 2.21. The molecular weight excluding hydrogens is 372 g/mol. The van der Waals surface area contributed by atoms with Gasteiger partial charge in [-0.05, 0) is 44.6 Å². The van der Waals surface area contributed by atoms with Gasteiger partial charge in [0, 0.05) is 17.8 Å². The number of aromatic nitrogens is 2. The predicted octanol–water partition coefficient (Wildman–Crippen LogP) is 4.23. The average Bonchev–Trinajstić information content (AvgIpc) is 3.06. The molecular formula is C25H32N4O. The SMILES string of the molecule is CCN(CC)C(CNC(=O)Cc1c(C)nn(-c2ccccc2)c1C)c1ccccc1. The minimum atomic E-state index is 0.0295. The highest BCUT2D eigenvalue weighted by Gasteiger charge is 2.20. The Hall–Kier alpha value is -2.92. The Morgan fingerprint density at radius 2 is 1.60 bits per heavy atom. The number of para-hydroxylation sites is 1. The summed E-state index contributed by atoms with van der Waals surface area (Å²) in [5, 5.41) is 7.82. The number of benzene rings is 2. The lowest BCUT2D eigenvalue weighted by atomic mass is 10.0. The predicted molar refractivity (Wildman–Crippen MR) is 122 cm³/mol. The van der Waals surface area contributed by atoms with Crippen molar-refractivity contribution in [2.75, 3.05) is 19.6 Å². The van der Waals surface area contributed by atoms with E-state index in [1.165, 1.54) is 5.56 Å². The van der Waals surface area contributed by atoms with Crippen molar-refractivity contribution in [1.82, 2.24) is 20.0 Å². The molecule has 0 aliphatic carbocycles. The maximum Gasteiger partial charge on any atom is 0.224 e. The zero-order valence-corrected chi connectivity index (χ0v) is 18.4. The minimum Gasteiger partial charge on any atom is -0.354 e. The maximum absolute atomic E-state index is 12.8. The number of nitrogens with one attached hydrogen (secondary N) is 1. The van der Waals surface area contributed by atoms with Crippen molar-refractivity contribution in [1.29, 1.82) is 0 Å². The standard InChI is InChI=1S/C25H32N4O/c1-5-28(6-2)24(21-13-9-7-10-14-21)18-26-25(30)17-23-19(3)27-29(20(23)4)22-15-11-8-12-16-22/h7-16,24H,5-6,17-18H2,1-4H3,(H,26,30). The van der Waals surface area contributed by atoms with E-state index in [2.05, 4.69) is 53.4 Å². The number of carbonyl (C=O) groups excluding carboxylic acids is 1. The van der Waals surface area contributed by atoms with Crippen molar-refractivity contribution in [2.45, 2.75) is 40.2 Å². The number of nitrogens with zero attached hydrogens (tertiary/aromatic N) is 3. The molecule has 0 radical (unpaired) electrons. The first-order chi connectivity index (χ1) is 14.5. The topological polar surface area (TPSA) is 50.2 Å². The van der Waals surface area contributed by atoms with Gasteiger partial charge in [-0.15, -0.1) is 0 Å². The first-order valence-corrected chi connectivity index (χ1v) is 10.7. The molecule has 5 heteroatoms. The van der Waals surface area contributed by atoms with Crippen LogP contribution in [-0.2, 0) is 11.2 Å². The van der Waals surface area contributed by atoms with Gasteiger partial charge in [0.1, 0.15) is 0 Å². The zero-order chi connectivity index (χ0) is 21.5. The Balaban J connectivity index is 1.71. The van der Waals surface area contributed by atoms with Crippen molar-refractivity contribution in [3.05, 3.63) is 83.2 Å². The molecule has 1 aromatic heterocycles. The van der Waals surface area contributed by atoms with E-state index in [-0.39, 0.29) is 11.9 Å². The quantitative estimate of drug-likeness (QED) is 0.581. The van der Waals surface area contributed by atoms with Crippen LogP contribution in [-0.4, -0.2) is 40.2 Å². The van der Waals surface area contributed by atoms with Crippen LogP contribution >= 0.6 is 0 Å². The van der Waals surface area contributed by atoms with Crippen LogP contribution in [0.2, 0.25) is 0 Å². The van der Waals surface area contributed by atoms with Crippen molar-refractivity contribution < 1.29 is 4.79 Å². The molecule has 0 aliphatic heterocycles. The van der Waals surface area contributed by atoms with Gasteiger partial charge in [0.2, 0.25) is 5.91 Å². The average molecular weight is 405 g/mol. The fourth-order valence-electron chi connectivity index (χ4n) is 3.98. The molecule has 0 aliphatic rings. The van der Waals surface area contributed by atoms with Gasteiger partial charge in [0.25, 0.3) is 0 Å². The molecule has 1 heterocycles. The number of amides is 1. The fraction of sp³-hybridized carbons (Fsp3) is 0.360. The molecule has 5 nitrogen and oxygen atoms in total. The van der Waals surface area contributed by atoms with Crippen LogP contribution in [0.25, 0.3) is 5.69 Å². The summed E-state index contributed by atoms with van der Waals surface area (Å²) in [6.45, 7) is 10.8. The van der Waals surface area contributed by atoms with Gasteiger partial charge in [-0.2, -0.15) is 5.10 Å². The molecule has 158 valence electrons. The maximum atomic E-state index is 12.8. The van der Waals surface area contributed by atoms with E-state index in [0.29, 0.717) is 13.0 Å². The van der Waals surface area contributed by atoms with Crippen LogP contribution in [0.3, 0.4) is 0 Å². The first kappa shape index (κ1) is 21.8. The molecule has 30 heavy (non-hydrogen) atoms. The molecule has 0 fully saturated rings. The number of hydrogen-bond acceptors (Lipinski definition) is 3. The number of hydrogen-bond donors (Lipinski definition) is 1. The normalized spacial score (nSPS) is 12.2. The van der Waals surface area contributed by atoms with Gasteiger partial charge < -0.3 is 5.32 Å². The molecule has 0 saturated heterocycles. The summed E-state index contributed by atoms with van der Waals surface area (Å²) >= 11 is 0. The smallest absolute Gasteiger partial charge is 0.224 e. The Labute approximate surface area is 179 Å². The summed E-state index contributed by atoms with van der Waals surface area (Å²) in [6, 6.07) is 20.6. The highest BCUT2D eigenvalue weighted by atomic mass is 16.1. The number of likely N-dealkylation sites (N-methyl/N-ethyl adjacent to an activating group) is 1. The van der Waals surface area contributed by atoms with Crippen molar-refractivity contribution in [3.8, 4) is 5.69 Å². The Bertz CT molecular complexity index is 946. The summed E-state index contributed by atoms with van der Waals surface area (Å²) in [6.07, 6.45) is 0.338. The molecule has 0 saturated carbocycles. The van der Waals surface area contributed by atoms with Gasteiger partial charge in [0.15, 0.2) is 0 Å². The summed E-state index contributed by atoms with van der Waals surface area (Å²) < 4.78 is 1.92.